The molecule has 1 aliphatic rings. The van der Waals surface area contributed by atoms with Crippen molar-refractivity contribution in [3.8, 4) is 5.75 Å². The van der Waals surface area contributed by atoms with Gasteiger partial charge in [0.05, 0.1) is 19.1 Å². The average Bonchev–Trinajstić information content (AvgIpc) is 3.33. The first-order valence-corrected chi connectivity index (χ1v) is 13.8. The van der Waals surface area contributed by atoms with Crippen LogP contribution in [-0.4, -0.2) is 57.1 Å². The third kappa shape index (κ3) is 6.75. The van der Waals surface area contributed by atoms with E-state index in [1.54, 1.807) is 38.1 Å². The third-order valence-corrected chi connectivity index (χ3v) is 7.58. The fourth-order valence-electron chi connectivity index (χ4n) is 4.37. The second-order valence-corrected chi connectivity index (χ2v) is 11.1. The molecule has 1 N–H and O–H groups in total. The summed E-state index contributed by atoms with van der Waals surface area (Å²) in [5.41, 5.74) is 1.21. The highest BCUT2D eigenvalue weighted by molar-refractivity contribution is 7.92. The van der Waals surface area contributed by atoms with Crippen LogP contribution in [0.3, 0.4) is 0 Å². The van der Waals surface area contributed by atoms with Gasteiger partial charge in [-0.25, -0.2) is 12.8 Å². The van der Waals surface area contributed by atoms with Crippen molar-refractivity contribution in [3.05, 3.63) is 59.4 Å². The number of amides is 2. The van der Waals surface area contributed by atoms with E-state index in [0.717, 1.165) is 41.8 Å². The Morgan fingerprint density at radius 3 is 2.44 bits per heavy atom. The Morgan fingerprint density at radius 2 is 1.83 bits per heavy atom. The number of halogens is 1. The lowest BCUT2D eigenvalue weighted by molar-refractivity contribution is -0.139. The summed E-state index contributed by atoms with van der Waals surface area (Å²) in [6.07, 6.45) is 4.79. The summed E-state index contributed by atoms with van der Waals surface area (Å²) in [5.74, 6) is -1.22. The number of sulfonamides is 1. The smallest absolute Gasteiger partial charge is 0.244 e. The van der Waals surface area contributed by atoms with Crippen LogP contribution in [0.1, 0.15) is 43.7 Å². The van der Waals surface area contributed by atoms with Gasteiger partial charge in [-0.15, -0.1) is 0 Å². The Morgan fingerprint density at radius 1 is 1.17 bits per heavy atom. The summed E-state index contributed by atoms with van der Waals surface area (Å²) in [4.78, 5) is 27.9. The first kappa shape index (κ1) is 27.4. The van der Waals surface area contributed by atoms with Gasteiger partial charge in [-0.05, 0) is 50.5 Å². The van der Waals surface area contributed by atoms with E-state index in [1.165, 1.54) is 30.2 Å². The summed E-state index contributed by atoms with van der Waals surface area (Å²) < 4.78 is 46.4. The number of carbonyl (C=O) groups excluding carboxylic acids is 2. The van der Waals surface area contributed by atoms with Crippen molar-refractivity contribution in [2.45, 2.75) is 58.2 Å². The summed E-state index contributed by atoms with van der Waals surface area (Å²) in [6, 6.07) is 10.1. The maximum absolute atomic E-state index is 14.5. The predicted molar refractivity (Wildman–Crippen MR) is 137 cm³/mol. The number of hydrogen-bond acceptors (Lipinski definition) is 5. The number of carbonyl (C=O) groups is 2. The van der Waals surface area contributed by atoms with Crippen molar-refractivity contribution in [1.29, 1.82) is 0 Å². The Bertz CT molecular complexity index is 1200. The molecule has 0 radical (unpaired) electrons. The van der Waals surface area contributed by atoms with Gasteiger partial charge in [0.15, 0.2) is 0 Å². The fraction of sp³-hybridized carbons (Fsp3) is 0.462. The molecule has 0 aliphatic heterocycles. The molecular weight excluding hydrogens is 485 g/mol. The van der Waals surface area contributed by atoms with E-state index in [2.05, 4.69) is 5.32 Å². The molecule has 3 rings (SSSR count). The molecule has 1 fully saturated rings. The topological polar surface area (TPSA) is 96.0 Å². The lowest BCUT2D eigenvalue weighted by atomic mass is 10.1. The quantitative estimate of drug-likeness (QED) is 0.519. The molecule has 0 unspecified atom stereocenters. The van der Waals surface area contributed by atoms with E-state index in [-0.39, 0.29) is 35.5 Å². The highest BCUT2D eigenvalue weighted by Crippen LogP contribution is 2.31. The van der Waals surface area contributed by atoms with Gasteiger partial charge in [-0.3, -0.25) is 13.9 Å². The van der Waals surface area contributed by atoms with Gasteiger partial charge in [0.2, 0.25) is 21.8 Å². The molecule has 1 atom stereocenters. The largest absolute Gasteiger partial charge is 0.495 e. The standard InChI is InChI=1S/C26H34FN3O5S/c1-18-13-14-24(35-3)23(15-18)30(36(4,33)34)17-25(31)29(16-20-9-5-8-12-22(20)27)19(2)26(32)28-21-10-6-7-11-21/h5,8-9,12-15,19,21H,6-7,10-11,16-17H2,1-4H3,(H,28,32)/t19-/m1/s1. The number of nitrogens with zero attached hydrogens (tertiary/aromatic N) is 2. The van der Waals surface area contributed by atoms with Crippen LogP contribution in [0.5, 0.6) is 5.75 Å². The average molecular weight is 520 g/mol. The van der Waals surface area contributed by atoms with Crippen LogP contribution in [0, 0.1) is 12.7 Å². The van der Waals surface area contributed by atoms with Crippen LogP contribution in [0.25, 0.3) is 0 Å². The van der Waals surface area contributed by atoms with E-state index in [4.69, 9.17) is 4.74 Å². The zero-order chi connectivity index (χ0) is 26.5. The molecule has 0 bridgehead atoms. The van der Waals surface area contributed by atoms with Crippen LogP contribution in [0.2, 0.25) is 0 Å². The number of hydrogen-bond donors (Lipinski definition) is 1. The molecule has 0 aromatic heterocycles. The molecule has 2 amide bonds. The van der Waals surface area contributed by atoms with Gasteiger partial charge in [-0.2, -0.15) is 0 Å². The van der Waals surface area contributed by atoms with E-state index >= 15 is 0 Å². The molecule has 36 heavy (non-hydrogen) atoms. The third-order valence-electron chi connectivity index (χ3n) is 6.45. The SMILES string of the molecule is COc1ccc(C)cc1N(CC(=O)N(Cc1ccccc1F)[C@H](C)C(=O)NC1CCCC1)S(C)(=O)=O. The highest BCUT2D eigenvalue weighted by atomic mass is 32.2. The second kappa shape index (κ2) is 11.7. The van der Waals surface area contributed by atoms with Gasteiger partial charge in [0, 0.05) is 18.2 Å². The zero-order valence-electron chi connectivity index (χ0n) is 21.2. The Balaban J connectivity index is 1.94. The van der Waals surface area contributed by atoms with E-state index in [1.807, 2.05) is 0 Å². The van der Waals surface area contributed by atoms with Crippen molar-refractivity contribution in [2.75, 3.05) is 24.2 Å². The summed E-state index contributed by atoms with van der Waals surface area (Å²) >= 11 is 0. The number of benzene rings is 2. The Kier molecular flexibility index (Phi) is 8.94. The highest BCUT2D eigenvalue weighted by Gasteiger charge is 2.32. The molecule has 196 valence electrons. The van der Waals surface area contributed by atoms with E-state index in [0.29, 0.717) is 0 Å². The monoisotopic (exact) mass is 519 g/mol. The van der Waals surface area contributed by atoms with Crippen molar-refractivity contribution < 1.29 is 27.1 Å². The number of aryl methyl sites for hydroxylation is 1. The molecule has 1 saturated carbocycles. The molecular formula is C26H34FN3O5S. The first-order valence-electron chi connectivity index (χ1n) is 12.0. The van der Waals surface area contributed by atoms with Crippen LogP contribution in [-0.2, 0) is 26.2 Å². The lowest BCUT2D eigenvalue weighted by Gasteiger charge is -2.32. The van der Waals surface area contributed by atoms with Gasteiger partial charge in [-0.1, -0.05) is 37.1 Å². The molecule has 0 saturated heterocycles. The molecule has 1 aliphatic carbocycles. The minimum absolute atomic E-state index is 0.0365. The predicted octanol–water partition coefficient (Wildman–Crippen LogP) is 3.38. The summed E-state index contributed by atoms with van der Waals surface area (Å²) in [7, 11) is -2.50. The fourth-order valence-corrected chi connectivity index (χ4v) is 5.22. The number of nitrogens with one attached hydrogen (secondary N) is 1. The molecule has 2 aromatic carbocycles. The van der Waals surface area contributed by atoms with Crippen LogP contribution in [0.15, 0.2) is 42.5 Å². The Hall–Kier alpha value is -3.14. The first-order chi connectivity index (χ1) is 17.0. The van der Waals surface area contributed by atoms with Crippen LogP contribution in [0.4, 0.5) is 10.1 Å². The zero-order valence-corrected chi connectivity index (χ0v) is 22.0. The molecule has 10 heteroatoms. The molecule has 8 nitrogen and oxygen atoms in total. The molecule has 0 heterocycles. The number of rotatable bonds is 10. The maximum atomic E-state index is 14.5. The van der Waals surface area contributed by atoms with Crippen LogP contribution < -0.4 is 14.4 Å². The van der Waals surface area contributed by atoms with Gasteiger partial charge >= 0.3 is 0 Å². The minimum atomic E-state index is -3.91. The van der Waals surface area contributed by atoms with E-state index < -0.39 is 34.3 Å². The Labute approximate surface area is 212 Å². The van der Waals surface area contributed by atoms with Crippen molar-refractivity contribution in [3.63, 3.8) is 0 Å². The minimum Gasteiger partial charge on any atom is -0.495 e. The molecule has 0 spiro atoms. The molecule has 2 aromatic rings. The van der Waals surface area contributed by atoms with E-state index in [9.17, 15) is 22.4 Å². The maximum Gasteiger partial charge on any atom is 0.244 e. The van der Waals surface area contributed by atoms with Gasteiger partial charge in [0.1, 0.15) is 24.2 Å². The van der Waals surface area contributed by atoms with Gasteiger partial charge in [0.25, 0.3) is 0 Å². The summed E-state index contributed by atoms with van der Waals surface area (Å²) in [6.45, 7) is 2.60. The second-order valence-electron chi connectivity index (χ2n) is 9.22. The van der Waals surface area contributed by atoms with Crippen molar-refractivity contribution in [1.82, 2.24) is 10.2 Å². The van der Waals surface area contributed by atoms with Crippen molar-refractivity contribution >= 4 is 27.5 Å². The number of anilines is 1. The van der Waals surface area contributed by atoms with Crippen LogP contribution >= 0.6 is 0 Å². The van der Waals surface area contributed by atoms with Gasteiger partial charge < -0.3 is 15.0 Å². The normalized spacial score (nSPS) is 14.8. The number of ether oxygens (including phenoxy) is 1. The van der Waals surface area contributed by atoms with Crippen molar-refractivity contribution in [2.24, 2.45) is 0 Å². The number of methoxy groups -OCH3 is 1. The summed E-state index contributed by atoms with van der Waals surface area (Å²) in [5, 5.41) is 2.98. The lowest BCUT2D eigenvalue weighted by Crippen LogP contribution is -2.52.